The lowest BCUT2D eigenvalue weighted by Gasteiger charge is -2.17. The molecule has 1 unspecified atom stereocenters. The van der Waals surface area contributed by atoms with Crippen LogP contribution in [0.5, 0.6) is 5.75 Å². The molecule has 0 bridgehead atoms. The standard InChI is InChI=1S/C19H31NO/c1-3-7-18(20-13-4-2)9-6-5-8-16-10-11-19-17(15-16)12-14-21-19/h10-11,15,18,20H,3-9,12-14H2,1-2H3. The van der Waals surface area contributed by atoms with Crippen LogP contribution in [-0.2, 0) is 12.8 Å². The molecule has 0 amide bonds. The second-order valence-corrected chi connectivity index (χ2v) is 6.23. The first-order valence-electron chi connectivity index (χ1n) is 8.81. The third kappa shape index (κ3) is 5.35. The molecule has 21 heavy (non-hydrogen) atoms. The molecule has 0 saturated carbocycles. The molecule has 118 valence electrons. The fourth-order valence-corrected chi connectivity index (χ4v) is 3.16. The van der Waals surface area contributed by atoms with Gasteiger partial charge in [0.1, 0.15) is 5.75 Å². The molecule has 0 aromatic heterocycles. The van der Waals surface area contributed by atoms with Crippen LogP contribution in [0.2, 0.25) is 0 Å². The molecule has 2 heteroatoms. The van der Waals surface area contributed by atoms with Crippen molar-refractivity contribution in [2.45, 2.75) is 71.3 Å². The van der Waals surface area contributed by atoms with E-state index in [9.17, 15) is 0 Å². The van der Waals surface area contributed by atoms with Crippen molar-refractivity contribution in [3.63, 3.8) is 0 Å². The van der Waals surface area contributed by atoms with Crippen LogP contribution in [-0.4, -0.2) is 19.2 Å². The van der Waals surface area contributed by atoms with Crippen LogP contribution in [0.4, 0.5) is 0 Å². The van der Waals surface area contributed by atoms with Gasteiger partial charge in [0.25, 0.3) is 0 Å². The van der Waals surface area contributed by atoms with Gasteiger partial charge in [-0.25, -0.2) is 0 Å². The lowest BCUT2D eigenvalue weighted by Crippen LogP contribution is -2.29. The predicted molar refractivity (Wildman–Crippen MR) is 90.2 cm³/mol. The van der Waals surface area contributed by atoms with Gasteiger partial charge in [-0.1, -0.05) is 38.8 Å². The van der Waals surface area contributed by atoms with Crippen molar-refractivity contribution in [1.82, 2.24) is 5.32 Å². The Balaban J connectivity index is 1.68. The molecule has 1 heterocycles. The smallest absolute Gasteiger partial charge is 0.122 e. The molecule has 0 spiro atoms. The van der Waals surface area contributed by atoms with E-state index in [1.54, 1.807) is 0 Å². The normalized spacial score (nSPS) is 14.8. The first-order chi connectivity index (χ1) is 10.3. The summed E-state index contributed by atoms with van der Waals surface area (Å²) in [7, 11) is 0. The SMILES string of the molecule is CCCNC(CCC)CCCCc1ccc2c(c1)CCO2. The van der Waals surface area contributed by atoms with Crippen molar-refractivity contribution in [3.05, 3.63) is 29.3 Å². The van der Waals surface area contributed by atoms with Crippen LogP contribution in [0.3, 0.4) is 0 Å². The van der Waals surface area contributed by atoms with Crippen molar-refractivity contribution < 1.29 is 4.74 Å². The number of unbranched alkanes of at least 4 members (excludes halogenated alkanes) is 1. The van der Waals surface area contributed by atoms with Gasteiger partial charge in [-0.3, -0.25) is 0 Å². The summed E-state index contributed by atoms with van der Waals surface area (Å²) in [5.41, 5.74) is 2.88. The summed E-state index contributed by atoms with van der Waals surface area (Å²) < 4.78 is 5.57. The van der Waals surface area contributed by atoms with E-state index in [1.807, 2.05) is 0 Å². The summed E-state index contributed by atoms with van der Waals surface area (Å²) in [5, 5.41) is 3.69. The quantitative estimate of drug-likeness (QED) is 0.640. The lowest BCUT2D eigenvalue weighted by molar-refractivity contribution is 0.357. The Bertz CT molecular complexity index is 416. The third-order valence-electron chi connectivity index (χ3n) is 4.34. The molecule has 2 rings (SSSR count). The number of rotatable bonds is 10. The Hall–Kier alpha value is -1.02. The van der Waals surface area contributed by atoms with Gasteiger partial charge in [0.05, 0.1) is 6.61 Å². The number of hydrogen-bond acceptors (Lipinski definition) is 2. The van der Waals surface area contributed by atoms with Crippen LogP contribution >= 0.6 is 0 Å². The second kappa shape index (κ2) is 9.09. The highest BCUT2D eigenvalue weighted by Gasteiger charge is 2.12. The van der Waals surface area contributed by atoms with Crippen LogP contribution in [0.25, 0.3) is 0 Å². The predicted octanol–water partition coefficient (Wildman–Crippen LogP) is 4.50. The monoisotopic (exact) mass is 289 g/mol. The maximum absolute atomic E-state index is 5.57. The summed E-state index contributed by atoms with van der Waals surface area (Å²) in [6.45, 7) is 6.55. The highest BCUT2D eigenvalue weighted by atomic mass is 16.5. The average Bonchev–Trinajstić information content (AvgIpc) is 2.96. The zero-order valence-corrected chi connectivity index (χ0v) is 13.8. The van der Waals surface area contributed by atoms with Crippen molar-refractivity contribution >= 4 is 0 Å². The Morgan fingerprint density at radius 1 is 1.14 bits per heavy atom. The maximum Gasteiger partial charge on any atom is 0.122 e. The van der Waals surface area contributed by atoms with Gasteiger partial charge in [0.2, 0.25) is 0 Å². The van der Waals surface area contributed by atoms with E-state index < -0.39 is 0 Å². The Kier molecular flexibility index (Phi) is 7.08. The lowest BCUT2D eigenvalue weighted by atomic mass is 10.00. The molecular weight excluding hydrogens is 258 g/mol. The zero-order chi connectivity index (χ0) is 14.9. The average molecular weight is 289 g/mol. The van der Waals surface area contributed by atoms with Gasteiger partial charge < -0.3 is 10.1 Å². The van der Waals surface area contributed by atoms with Gasteiger partial charge in [0.15, 0.2) is 0 Å². The van der Waals surface area contributed by atoms with Gasteiger partial charge in [0, 0.05) is 12.5 Å². The van der Waals surface area contributed by atoms with Crippen LogP contribution in [0, 0.1) is 0 Å². The van der Waals surface area contributed by atoms with E-state index in [2.05, 4.69) is 37.4 Å². The first-order valence-corrected chi connectivity index (χ1v) is 8.81. The number of ether oxygens (including phenoxy) is 1. The Morgan fingerprint density at radius 2 is 2.05 bits per heavy atom. The summed E-state index contributed by atoms with van der Waals surface area (Å²) in [6, 6.07) is 7.47. The molecule has 1 N–H and O–H groups in total. The minimum absolute atomic E-state index is 0.725. The first kappa shape index (κ1) is 16.4. The number of benzene rings is 1. The molecule has 0 radical (unpaired) electrons. The van der Waals surface area contributed by atoms with E-state index in [1.165, 1.54) is 56.1 Å². The molecule has 1 aromatic carbocycles. The number of hydrogen-bond donors (Lipinski definition) is 1. The summed E-state index contributed by atoms with van der Waals surface area (Å²) in [4.78, 5) is 0. The Labute approximate surface area is 130 Å². The van der Waals surface area contributed by atoms with Crippen LogP contribution < -0.4 is 10.1 Å². The molecule has 1 aromatic rings. The summed E-state index contributed by atoms with van der Waals surface area (Å²) in [6.07, 6.45) is 10.1. The van der Waals surface area contributed by atoms with Gasteiger partial charge in [-0.2, -0.15) is 0 Å². The zero-order valence-electron chi connectivity index (χ0n) is 13.8. The van der Waals surface area contributed by atoms with Crippen LogP contribution in [0.1, 0.15) is 63.5 Å². The highest BCUT2D eigenvalue weighted by Crippen LogP contribution is 2.26. The van der Waals surface area contributed by atoms with Crippen molar-refractivity contribution in [2.24, 2.45) is 0 Å². The number of aryl methyl sites for hydroxylation is 1. The third-order valence-corrected chi connectivity index (χ3v) is 4.34. The summed E-state index contributed by atoms with van der Waals surface area (Å²) >= 11 is 0. The minimum atomic E-state index is 0.725. The summed E-state index contributed by atoms with van der Waals surface area (Å²) in [5.74, 6) is 1.10. The topological polar surface area (TPSA) is 21.3 Å². The van der Waals surface area contributed by atoms with E-state index >= 15 is 0 Å². The number of fused-ring (bicyclic) bond motifs is 1. The molecule has 2 nitrogen and oxygen atoms in total. The van der Waals surface area contributed by atoms with Gasteiger partial charge in [-0.15, -0.1) is 0 Å². The van der Waals surface area contributed by atoms with Crippen molar-refractivity contribution in [1.29, 1.82) is 0 Å². The van der Waals surface area contributed by atoms with E-state index in [-0.39, 0.29) is 0 Å². The minimum Gasteiger partial charge on any atom is -0.493 e. The largest absolute Gasteiger partial charge is 0.493 e. The number of nitrogens with one attached hydrogen (secondary N) is 1. The maximum atomic E-state index is 5.57. The fourth-order valence-electron chi connectivity index (χ4n) is 3.16. The van der Waals surface area contributed by atoms with E-state index in [4.69, 9.17) is 4.74 Å². The van der Waals surface area contributed by atoms with Gasteiger partial charge in [-0.05, 0) is 55.8 Å². The highest BCUT2D eigenvalue weighted by molar-refractivity contribution is 5.39. The van der Waals surface area contributed by atoms with Crippen molar-refractivity contribution in [3.8, 4) is 5.75 Å². The van der Waals surface area contributed by atoms with Gasteiger partial charge >= 0.3 is 0 Å². The molecule has 1 atom stereocenters. The van der Waals surface area contributed by atoms with Crippen LogP contribution in [0.15, 0.2) is 18.2 Å². The Morgan fingerprint density at radius 3 is 2.86 bits per heavy atom. The molecule has 0 saturated heterocycles. The molecule has 1 aliphatic heterocycles. The molecule has 0 fully saturated rings. The van der Waals surface area contributed by atoms with E-state index in [0.717, 1.165) is 31.4 Å². The van der Waals surface area contributed by atoms with E-state index in [0.29, 0.717) is 0 Å². The second-order valence-electron chi connectivity index (χ2n) is 6.23. The molecule has 1 aliphatic rings. The fraction of sp³-hybridized carbons (Fsp3) is 0.684. The van der Waals surface area contributed by atoms with Crippen molar-refractivity contribution in [2.75, 3.05) is 13.2 Å². The molecular formula is C19H31NO. The molecule has 0 aliphatic carbocycles.